The molecule has 0 saturated heterocycles. The largest absolute Gasteiger partial charge is 0.326 e. The van der Waals surface area contributed by atoms with Crippen molar-refractivity contribution in [3.05, 3.63) is 29.8 Å². The molecule has 2 rings (SSSR count). The average Bonchev–Trinajstić information content (AvgIpc) is 3.02. The molecule has 1 aromatic carbocycles. The van der Waals surface area contributed by atoms with Crippen LogP contribution in [0.4, 0.5) is 5.69 Å². The number of rotatable bonds is 6. The predicted molar refractivity (Wildman–Crippen MR) is 88.2 cm³/mol. The lowest BCUT2D eigenvalue weighted by atomic mass is 9.81. The number of amides is 1. The maximum atomic E-state index is 13.1. The molecule has 0 heterocycles. The minimum Gasteiger partial charge on any atom is -0.326 e. The molecule has 1 aromatic rings. The zero-order valence-corrected chi connectivity index (χ0v) is 13.4. The van der Waals surface area contributed by atoms with Crippen molar-refractivity contribution < 1.29 is 4.79 Å². The third-order valence-corrected chi connectivity index (χ3v) is 4.87. The van der Waals surface area contributed by atoms with Crippen molar-refractivity contribution >= 4 is 11.6 Å². The molecule has 1 aliphatic rings. The number of nitrogens with two attached hydrogens (primary N) is 1. The van der Waals surface area contributed by atoms with Crippen LogP contribution in [-0.2, 0) is 11.3 Å². The molecule has 0 bridgehead atoms. The van der Waals surface area contributed by atoms with Gasteiger partial charge in [-0.05, 0) is 43.4 Å². The zero-order chi connectivity index (χ0) is 15.3. The lowest BCUT2D eigenvalue weighted by Crippen LogP contribution is -2.43. The van der Waals surface area contributed by atoms with E-state index in [1.807, 2.05) is 29.2 Å². The van der Waals surface area contributed by atoms with Gasteiger partial charge in [-0.1, -0.05) is 38.8 Å². The molecule has 21 heavy (non-hydrogen) atoms. The van der Waals surface area contributed by atoms with E-state index in [2.05, 4.69) is 13.8 Å². The molecule has 2 N–H and O–H groups in total. The van der Waals surface area contributed by atoms with Gasteiger partial charge in [0.05, 0.1) is 0 Å². The van der Waals surface area contributed by atoms with Crippen molar-refractivity contribution in [3.63, 3.8) is 0 Å². The van der Waals surface area contributed by atoms with E-state index in [4.69, 9.17) is 5.73 Å². The lowest BCUT2D eigenvalue weighted by Gasteiger charge is -2.34. The summed E-state index contributed by atoms with van der Waals surface area (Å²) < 4.78 is 0. The molecule has 0 unspecified atom stereocenters. The monoisotopic (exact) mass is 288 g/mol. The number of carbonyl (C=O) groups excluding carboxylic acids is 1. The van der Waals surface area contributed by atoms with Gasteiger partial charge >= 0.3 is 0 Å². The van der Waals surface area contributed by atoms with Gasteiger partial charge in [0, 0.05) is 24.2 Å². The Labute approximate surface area is 128 Å². The Balaban J connectivity index is 2.26. The molecule has 0 atom stereocenters. The number of nitrogens with zero attached hydrogens (tertiary/aromatic N) is 1. The van der Waals surface area contributed by atoms with Crippen molar-refractivity contribution in [1.82, 2.24) is 0 Å². The third kappa shape index (κ3) is 3.29. The summed E-state index contributed by atoms with van der Waals surface area (Å²) in [4.78, 5) is 15.1. The number of anilines is 1. The fourth-order valence-electron chi connectivity index (χ4n) is 3.44. The van der Waals surface area contributed by atoms with E-state index in [-0.39, 0.29) is 5.41 Å². The summed E-state index contributed by atoms with van der Waals surface area (Å²) in [5.74, 6) is 0.324. The van der Waals surface area contributed by atoms with Gasteiger partial charge in [-0.2, -0.15) is 0 Å². The second-order valence-corrected chi connectivity index (χ2v) is 6.17. The van der Waals surface area contributed by atoms with Crippen molar-refractivity contribution in [3.8, 4) is 0 Å². The summed E-state index contributed by atoms with van der Waals surface area (Å²) in [6, 6.07) is 8.12. The highest BCUT2D eigenvalue weighted by atomic mass is 16.2. The molecule has 0 aliphatic heterocycles. The minimum absolute atomic E-state index is 0.123. The normalized spacial score (nSPS) is 16.9. The first-order valence-electron chi connectivity index (χ1n) is 8.28. The summed E-state index contributed by atoms with van der Waals surface area (Å²) in [7, 11) is 0. The fraction of sp³-hybridized carbons (Fsp3) is 0.611. The first-order chi connectivity index (χ1) is 10.2. The molecule has 3 heteroatoms. The standard InChI is InChI=1S/C18H28N2O/c1-3-13-20(16-9-7-15(14-19)8-10-16)17(21)18(4-2)11-5-6-12-18/h7-10H,3-6,11-14,19H2,1-2H3. The fourth-order valence-corrected chi connectivity index (χ4v) is 3.44. The van der Waals surface area contributed by atoms with Crippen LogP contribution in [0, 0.1) is 5.41 Å². The Bertz CT molecular complexity index is 461. The van der Waals surface area contributed by atoms with Gasteiger partial charge in [0.15, 0.2) is 0 Å². The van der Waals surface area contributed by atoms with Crippen molar-refractivity contribution in [2.45, 2.75) is 58.9 Å². The van der Waals surface area contributed by atoms with Crippen LogP contribution < -0.4 is 10.6 Å². The Kier molecular flexibility index (Phi) is 5.40. The van der Waals surface area contributed by atoms with Gasteiger partial charge in [0.1, 0.15) is 0 Å². The van der Waals surface area contributed by atoms with Gasteiger partial charge < -0.3 is 10.6 Å². The van der Waals surface area contributed by atoms with Gasteiger partial charge in [0.2, 0.25) is 5.91 Å². The predicted octanol–water partition coefficient (Wildman–Crippen LogP) is 3.86. The van der Waals surface area contributed by atoms with Crippen LogP contribution in [0.3, 0.4) is 0 Å². The van der Waals surface area contributed by atoms with Crippen LogP contribution in [0.25, 0.3) is 0 Å². The van der Waals surface area contributed by atoms with Crippen LogP contribution in [0.15, 0.2) is 24.3 Å². The van der Waals surface area contributed by atoms with Crippen LogP contribution in [-0.4, -0.2) is 12.5 Å². The Morgan fingerprint density at radius 3 is 2.29 bits per heavy atom. The van der Waals surface area contributed by atoms with Gasteiger partial charge in [-0.25, -0.2) is 0 Å². The quantitative estimate of drug-likeness (QED) is 0.864. The number of carbonyl (C=O) groups is 1. The first-order valence-corrected chi connectivity index (χ1v) is 8.28. The van der Waals surface area contributed by atoms with E-state index in [9.17, 15) is 4.79 Å². The summed E-state index contributed by atoms with van der Waals surface area (Å²) in [6.45, 7) is 5.62. The second kappa shape index (κ2) is 7.08. The van der Waals surface area contributed by atoms with E-state index in [1.165, 1.54) is 12.8 Å². The lowest BCUT2D eigenvalue weighted by molar-refractivity contribution is -0.128. The molecule has 116 valence electrons. The minimum atomic E-state index is -0.123. The molecule has 0 aromatic heterocycles. The molecule has 1 aliphatic carbocycles. The smallest absolute Gasteiger partial charge is 0.233 e. The van der Waals surface area contributed by atoms with E-state index in [1.54, 1.807) is 0 Å². The SMILES string of the molecule is CCCN(C(=O)C1(CC)CCCC1)c1ccc(CN)cc1. The topological polar surface area (TPSA) is 46.3 Å². The zero-order valence-electron chi connectivity index (χ0n) is 13.4. The average molecular weight is 288 g/mol. The van der Waals surface area contributed by atoms with Crippen molar-refractivity contribution in [1.29, 1.82) is 0 Å². The molecule has 1 fully saturated rings. The van der Waals surface area contributed by atoms with Crippen LogP contribution in [0.2, 0.25) is 0 Å². The molecule has 1 amide bonds. The van der Waals surface area contributed by atoms with Gasteiger partial charge in [-0.3, -0.25) is 4.79 Å². The van der Waals surface area contributed by atoms with Crippen LogP contribution in [0.5, 0.6) is 0 Å². The van der Waals surface area contributed by atoms with E-state index in [0.717, 1.165) is 43.5 Å². The highest BCUT2D eigenvalue weighted by molar-refractivity contribution is 5.97. The summed E-state index contributed by atoms with van der Waals surface area (Å²) >= 11 is 0. The van der Waals surface area contributed by atoms with E-state index < -0.39 is 0 Å². The molecule has 0 radical (unpaired) electrons. The Morgan fingerprint density at radius 2 is 1.81 bits per heavy atom. The molecular weight excluding hydrogens is 260 g/mol. The van der Waals surface area contributed by atoms with Crippen LogP contribution in [0.1, 0.15) is 57.9 Å². The number of hydrogen-bond acceptors (Lipinski definition) is 2. The molecule has 0 spiro atoms. The van der Waals surface area contributed by atoms with Gasteiger partial charge in [-0.15, -0.1) is 0 Å². The highest BCUT2D eigenvalue weighted by Crippen LogP contribution is 2.43. The summed E-state index contributed by atoms with van der Waals surface area (Å²) in [6.07, 6.45) is 6.39. The highest BCUT2D eigenvalue weighted by Gasteiger charge is 2.42. The van der Waals surface area contributed by atoms with Crippen molar-refractivity contribution in [2.24, 2.45) is 11.1 Å². The summed E-state index contributed by atoms with van der Waals surface area (Å²) in [5, 5.41) is 0. The van der Waals surface area contributed by atoms with Crippen LogP contribution >= 0.6 is 0 Å². The van der Waals surface area contributed by atoms with E-state index >= 15 is 0 Å². The second-order valence-electron chi connectivity index (χ2n) is 6.17. The number of benzene rings is 1. The Hall–Kier alpha value is -1.35. The van der Waals surface area contributed by atoms with E-state index in [0.29, 0.717) is 12.5 Å². The maximum absolute atomic E-state index is 13.1. The molecule has 1 saturated carbocycles. The van der Waals surface area contributed by atoms with Crippen molar-refractivity contribution in [2.75, 3.05) is 11.4 Å². The molecule has 3 nitrogen and oxygen atoms in total. The Morgan fingerprint density at radius 1 is 1.19 bits per heavy atom. The molecular formula is C18H28N2O. The number of hydrogen-bond donors (Lipinski definition) is 1. The third-order valence-electron chi connectivity index (χ3n) is 4.87. The maximum Gasteiger partial charge on any atom is 0.233 e. The summed E-state index contributed by atoms with van der Waals surface area (Å²) in [5.41, 5.74) is 7.65. The van der Waals surface area contributed by atoms with Gasteiger partial charge in [0.25, 0.3) is 0 Å². The first kappa shape index (κ1) is 16.0.